The van der Waals surface area contributed by atoms with E-state index in [1.54, 1.807) is 36.4 Å². The molecule has 0 unspecified atom stereocenters. The zero-order valence-electron chi connectivity index (χ0n) is 22.4. The molecule has 4 saturated carbocycles. The minimum atomic E-state index is -3.86. The van der Waals surface area contributed by atoms with Crippen LogP contribution in [0.1, 0.15) is 64.9 Å². The number of hydrogen-bond acceptors (Lipinski definition) is 5. The summed E-state index contributed by atoms with van der Waals surface area (Å²) in [5.74, 6) is 0.176. The van der Waals surface area contributed by atoms with E-state index in [1.165, 1.54) is 16.4 Å². The van der Waals surface area contributed by atoms with Crippen molar-refractivity contribution in [3.8, 4) is 0 Å². The molecule has 0 radical (unpaired) electrons. The number of rotatable bonds is 8. The Bertz CT molecular complexity index is 1450. The Kier molecular flexibility index (Phi) is 6.00. The molecule has 0 aromatic heterocycles. The highest BCUT2D eigenvalue weighted by atomic mass is 35.5. The predicted molar refractivity (Wildman–Crippen MR) is 148 cm³/mol. The monoisotopic (exact) mass is 572 g/mol. The topological polar surface area (TPSA) is 90.9 Å². The Morgan fingerprint density at radius 2 is 1.79 bits per heavy atom. The molecule has 2 N–H and O–H groups in total. The van der Waals surface area contributed by atoms with Crippen LogP contribution in [0.25, 0.3) is 0 Å². The number of sulfonamides is 1. The van der Waals surface area contributed by atoms with Crippen molar-refractivity contribution in [2.45, 2.75) is 93.4 Å². The lowest BCUT2D eigenvalue weighted by molar-refractivity contribution is -0.151. The molecule has 2 aromatic rings. The second kappa shape index (κ2) is 8.75. The Balaban J connectivity index is 1.24. The maximum Gasteiger partial charge on any atom is 0.245 e. The summed E-state index contributed by atoms with van der Waals surface area (Å²) in [6, 6.07) is 12.3. The average molecular weight is 573 g/mol. The number of benzene rings is 2. The van der Waals surface area contributed by atoms with E-state index in [0.717, 1.165) is 25.1 Å². The first kappa shape index (κ1) is 26.7. The van der Waals surface area contributed by atoms with E-state index in [0.29, 0.717) is 24.8 Å². The number of aliphatic imine (C=N–C) groups is 1. The standard InChI is InChI=1S/C29H34ClFN4O3S/c1-26(2)23(24(36)33-27(3)12-7-13-27)32-25(34-26)28-16-29(17-28,18-28)35(15-19-10-11-21(30)22(31)14-19)39(37,38)20-8-5-4-6-9-20/h4-6,8-11,14,23H,7,12-13,15-18H2,1-3H3,(H,32,34)(H,33,36)/t23-,28?,29?/m0/s1. The van der Waals surface area contributed by atoms with Crippen LogP contribution in [0.4, 0.5) is 4.39 Å². The minimum absolute atomic E-state index is 0.00138. The highest BCUT2D eigenvalue weighted by molar-refractivity contribution is 7.89. The lowest BCUT2D eigenvalue weighted by atomic mass is 9.38. The summed E-state index contributed by atoms with van der Waals surface area (Å²) in [4.78, 5) is 18.4. The van der Waals surface area contributed by atoms with Crippen LogP contribution in [0.15, 0.2) is 58.4 Å². The fraction of sp³-hybridized carbons (Fsp3) is 0.517. The Hall–Kier alpha value is -2.49. The van der Waals surface area contributed by atoms with Crippen LogP contribution in [0.2, 0.25) is 5.02 Å². The van der Waals surface area contributed by atoms with E-state index in [2.05, 4.69) is 17.6 Å². The molecule has 7 rings (SSSR count). The number of amides is 1. The van der Waals surface area contributed by atoms with E-state index >= 15 is 0 Å². The van der Waals surface area contributed by atoms with Crippen LogP contribution in [-0.4, -0.2) is 47.1 Å². The summed E-state index contributed by atoms with van der Waals surface area (Å²) >= 11 is 5.88. The maximum absolute atomic E-state index is 14.3. The summed E-state index contributed by atoms with van der Waals surface area (Å²) in [6.45, 7) is 6.04. The van der Waals surface area contributed by atoms with E-state index in [-0.39, 0.29) is 33.3 Å². The summed E-state index contributed by atoms with van der Waals surface area (Å²) in [5, 5.41) is 6.63. The first-order chi connectivity index (χ1) is 18.3. The molecule has 1 heterocycles. The lowest BCUT2D eigenvalue weighted by Crippen LogP contribution is -2.78. The van der Waals surface area contributed by atoms with E-state index in [4.69, 9.17) is 16.6 Å². The second-order valence-electron chi connectivity index (χ2n) is 12.7. The average Bonchev–Trinajstić information content (AvgIpc) is 3.13. The number of nitrogens with zero attached hydrogens (tertiary/aromatic N) is 2. The van der Waals surface area contributed by atoms with Gasteiger partial charge in [-0.05, 0) is 89.1 Å². The van der Waals surface area contributed by atoms with Crippen LogP contribution in [0, 0.1) is 11.2 Å². The normalized spacial score (nSPS) is 29.9. The number of hydrogen-bond donors (Lipinski definition) is 2. The second-order valence-corrected chi connectivity index (χ2v) is 15.0. The van der Waals surface area contributed by atoms with Gasteiger partial charge in [0.05, 0.1) is 15.5 Å². The van der Waals surface area contributed by atoms with Gasteiger partial charge in [-0.1, -0.05) is 35.9 Å². The van der Waals surface area contributed by atoms with Crippen molar-refractivity contribution in [2.24, 2.45) is 10.4 Å². The Morgan fingerprint density at radius 1 is 1.13 bits per heavy atom. The molecule has 5 aliphatic rings. The van der Waals surface area contributed by atoms with Crippen LogP contribution >= 0.6 is 11.6 Å². The molecule has 4 fully saturated rings. The van der Waals surface area contributed by atoms with Gasteiger partial charge in [0, 0.05) is 23.0 Å². The van der Waals surface area contributed by atoms with Crippen molar-refractivity contribution in [3.05, 3.63) is 64.9 Å². The van der Waals surface area contributed by atoms with E-state index in [9.17, 15) is 17.6 Å². The van der Waals surface area contributed by atoms with E-state index < -0.39 is 33.0 Å². The molecule has 4 aliphatic carbocycles. The van der Waals surface area contributed by atoms with Gasteiger partial charge in [-0.25, -0.2) is 12.8 Å². The molecule has 7 nitrogen and oxygen atoms in total. The van der Waals surface area contributed by atoms with Gasteiger partial charge in [-0.15, -0.1) is 0 Å². The predicted octanol–water partition coefficient (Wildman–Crippen LogP) is 4.80. The van der Waals surface area contributed by atoms with Crippen molar-refractivity contribution in [2.75, 3.05) is 0 Å². The fourth-order valence-corrected chi connectivity index (χ4v) is 8.73. The van der Waals surface area contributed by atoms with Gasteiger partial charge in [0.1, 0.15) is 17.7 Å². The van der Waals surface area contributed by atoms with Gasteiger partial charge >= 0.3 is 0 Å². The van der Waals surface area contributed by atoms with Gasteiger partial charge in [0.15, 0.2) is 0 Å². The first-order valence-electron chi connectivity index (χ1n) is 13.5. The number of halogens is 2. The molecule has 39 heavy (non-hydrogen) atoms. The van der Waals surface area contributed by atoms with Crippen molar-refractivity contribution >= 4 is 33.4 Å². The Labute approximate surface area is 234 Å². The molecule has 2 aromatic carbocycles. The maximum atomic E-state index is 14.3. The SMILES string of the molecule is CC1(NC(=O)[C@@H]2NC(C34CC(N(Cc5ccc(Cl)c(F)c5)S(=O)(=O)c5ccccc5)(C3)C4)=NC2(C)C)CCC1. The quantitative estimate of drug-likeness (QED) is 0.475. The number of carbonyl (C=O) groups is 1. The minimum Gasteiger partial charge on any atom is -0.360 e. The highest BCUT2D eigenvalue weighted by Crippen LogP contribution is 2.71. The van der Waals surface area contributed by atoms with Crippen molar-refractivity contribution in [1.29, 1.82) is 0 Å². The van der Waals surface area contributed by atoms with Crippen molar-refractivity contribution < 1.29 is 17.6 Å². The fourth-order valence-electron chi connectivity index (χ4n) is 6.84. The largest absolute Gasteiger partial charge is 0.360 e. The first-order valence-corrected chi connectivity index (χ1v) is 15.3. The van der Waals surface area contributed by atoms with Crippen molar-refractivity contribution in [3.63, 3.8) is 0 Å². The zero-order valence-corrected chi connectivity index (χ0v) is 24.0. The molecule has 10 heteroatoms. The number of nitrogens with one attached hydrogen (secondary N) is 2. The summed E-state index contributed by atoms with van der Waals surface area (Å²) in [7, 11) is -3.86. The third kappa shape index (κ3) is 4.28. The highest BCUT2D eigenvalue weighted by Gasteiger charge is 2.75. The van der Waals surface area contributed by atoms with Gasteiger partial charge in [0.25, 0.3) is 0 Å². The third-order valence-corrected chi connectivity index (χ3v) is 11.5. The van der Waals surface area contributed by atoms with E-state index in [1.807, 2.05) is 13.8 Å². The van der Waals surface area contributed by atoms with Gasteiger partial charge < -0.3 is 10.6 Å². The molecule has 1 aliphatic heterocycles. The van der Waals surface area contributed by atoms with Gasteiger partial charge in [0.2, 0.25) is 15.9 Å². The van der Waals surface area contributed by atoms with Crippen LogP contribution in [0.3, 0.4) is 0 Å². The Morgan fingerprint density at radius 3 is 2.38 bits per heavy atom. The summed E-state index contributed by atoms with van der Waals surface area (Å²) < 4.78 is 43.6. The molecular formula is C29H34ClFN4O3S. The van der Waals surface area contributed by atoms with Crippen molar-refractivity contribution in [1.82, 2.24) is 14.9 Å². The molecule has 208 valence electrons. The molecule has 0 spiro atoms. The molecule has 1 atom stereocenters. The van der Waals surface area contributed by atoms with Crippen LogP contribution in [-0.2, 0) is 21.4 Å². The number of carbonyl (C=O) groups excluding carboxylic acids is 1. The summed E-state index contributed by atoms with van der Waals surface area (Å²) in [6.07, 6.45) is 4.86. The van der Waals surface area contributed by atoms with Gasteiger partial charge in [-0.3, -0.25) is 9.79 Å². The molecule has 1 amide bonds. The molecular weight excluding hydrogens is 539 g/mol. The zero-order chi connectivity index (χ0) is 27.8. The lowest BCUT2D eigenvalue weighted by Gasteiger charge is -2.72. The molecule has 2 bridgehead atoms. The smallest absolute Gasteiger partial charge is 0.245 e. The van der Waals surface area contributed by atoms with Crippen LogP contribution < -0.4 is 10.6 Å². The third-order valence-electron chi connectivity index (χ3n) is 9.21. The van der Waals surface area contributed by atoms with Gasteiger partial charge in [-0.2, -0.15) is 4.31 Å². The molecule has 0 saturated heterocycles. The van der Waals surface area contributed by atoms with Crippen LogP contribution in [0.5, 0.6) is 0 Å². The summed E-state index contributed by atoms with van der Waals surface area (Å²) in [5.41, 5.74) is -1.11. The number of amidine groups is 1.